The summed E-state index contributed by atoms with van der Waals surface area (Å²) in [6, 6.07) is 0. The molecule has 1 N–H and O–H groups in total. The number of aromatic nitrogens is 1. The molecule has 1 aromatic rings. The Labute approximate surface area is 91.7 Å². The Morgan fingerprint density at radius 3 is 2.80 bits per heavy atom. The van der Waals surface area contributed by atoms with E-state index in [-0.39, 0.29) is 11.8 Å². The van der Waals surface area contributed by atoms with Gasteiger partial charge in [0.2, 0.25) is 0 Å². The molecule has 15 heavy (non-hydrogen) atoms. The van der Waals surface area contributed by atoms with Gasteiger partial charge < -0.3 is 14.6 Å². The number of carbonyl (C=O) groups is 1. The maximum absolute atomic E-state index is 11.1. The molecule has 1 aromatic heterocycles. The molecule has 6 heteroatoms. The summed E-state index contributed by atoms with van der Waals surface area (Å²) < 4.78 is 9.47. The minimum atomic E-state index is -0.821. The van der Waals surface area contributed by atoms with Crippen LogP contribution in [-0.2, 0) is 9.47 Å². The number of aliphatic hydroxyl groups is 1. The number of rotatable bonds is 4. The van der Waals surface area contributed by atoms with Crippen molar-refractivity contribution in [2.75, 3.05) is 14.2 Å². The fraction of sp³-hybridized carbons (Fsp3) is 0.556. The number of methoxy groups -OCH3 is 2. The van der Waals surface area contributed by atoms with Crippen molar-refractivity contribution < 1.29 is 19.4 Å². The van der Waals surface area contributed by atoms with Crippen LogP contribution in [0.15, 0.2) is 5.38 Å². The third kappa shape index (κ3) is 2.74. The van der Waals surface area contributed by atoms with E-state index in [1.807, 2.05) is 0 Å². The Kier molecular flexibility index (Phi) is 4.19. The number of ether oxygens (including phenoxy) is 2. The van der Waals surface area contributed by atoms with Crippen LogP contribution < -0.4 is 0 Å². The molecular formula is C9H13NO4S. The Morgan fingerprint density at radius 1 is 1.60 bits per heavy atom. The van der Waals surface area contributed by atoms with E-state index in [2.05, 4.69) is 9.72 Å². The summed E-state index contributed by atoms with van der Waals surface area (Å²) in [7, 11) is 2.79. The van der Waals surface area contributed by atoms with E-state index in [1.165, 1.54) is 25.6 Å². The zero-order chi connectivity index (χ0) is 11.4. The summed E-state index contributed by atoms with van der Waals surface area (Å²) in [5, 5.41) is 11.7. The van der Waals surface area contributed by atoms with Gasteiger partial charge in [-0.2, -0.15) is 0 Å². The number of nitrogens with zero attached hydrogens (tertiary/aromatic N) is 1. The van der Waals surface area contributed by atoms with Crippen molar-refractivity contribution in [3.8, 4) is 0 Å². The summed E-state index contributed by atoms with van der Waals surface area (Å²) in [6.45, 7) is 1.73. The first-order chi connectivity index (χ1) is 7.10. The van der Waals surface area contributed by atoms with Crippen molar-refractivity contribution in [3.05, 3.63) is 16.1 Å². The molecule has 0 aliphatic rings. The lowest BCUT2D eigenvalue weighted by molar-refractivity contribution is -0.00162. The maximum Gasteiger partial charge on any atom is 0.357 e. The van der Waals surface area contributed by atoms with Crippen molar-refractivity contribution in [1.29, 1.82) is 0 Å². The molecular weight excluding hydrogens is 218 g/mol. The standard InChI is InChI=1S/C9H13NO4S/c1-5(13-2)7(11)8-10-6(4-15-8)9(12)14-3/h4-5,7,11H,1-3H3. The van der Waals surface area contributed by atoms with Gasteiger partial charge in [0.1, 0.15) is 11.1 Å². The normalized spacial score (nSPS) is 14.7. The highest BCUT2D eigenvalue weighted by Gasteiger charge is 2.21. The van der Waals surface area contributed by atoms with Gasteiger partial charge in [0, 0.05) is 12.5 Å². The molecule has 2 atom stereocenters. The molecule has 1 rings (SSSR count). The molecule has 0 aliphatic heterocycles. The van der Waals surface area contributed by atoms with Crippen molar-refractivity contribution >= 4 is 17.3 Å². The summed E-state index contributed by atoms with van der Waals surface area (Å²) in [6.07, 6.45) is -1.18. The van der Waals surface area contributed by atoms with Gasteiger partial charge in [-0.25, -0.2) is 9.78 Å². The molecule has 2 unspecified atom stereocenters. The summed E-state index contributed by atoms with van der Waals surface area (Å²) in [5.74, 6) is -0.505. The van der Waals surface area contributed by atoms with Gasteiger partial charge in [-0.05, 0) is 6.92 Å². The van der Waals surface area contributed by atoms with E-state index in [0.717, 1.165) is 0 Å². The topological polar surface area (TPSA) is 68.7 Å². The van der Waals surface area contributed by atoms with Crippen molar-refractivity contribution in [2.24, 2.45) is 0 Å². The predicted octanol–water partition coefficient (Wildman–Crippen LogP) is 0.998. The average Bonchev–Trinajstić information content (AvgIpc) is 2.75. The van der Waals surface area contributed by atoms with Gasteiger partial charge in [-0.3, -0.25) is 0 Å². The summed E-state index contributed by atoms with van der Waals surface area (Å²) in [4.78, 5) is 15.1. The van der Waals surface area contributed by atoms with E-state index < -0.39 is 12.1 Å². The quantitative estimate of drug-likeness (QED) is 0.783. The lowest BCUT2D eigenvalue weighted by Crippen LogP contribution is -2.16. The number of aliphatic hydroxyl groups excluding tert-OH is 1. The van der Waals surface area contributed by atoms with E-state index in [1.54, 1.807) is 12.3 Å². The number of thiazole rings is 1. The second-order valence-corrected chi connectivity index (χ2v) is 3.84. The fourth-order valence-electron chi connectivity index (χ4n) is 0.951. The van der Waals surface area contributed by atoms with Gasteiger partial charge in [-0.15, -0.1) is 11.3 Å². The number of esters is 1. The molecule has 0 spiro atoms. The molecule has 0 saturated heterocycles. The van der Waals surface area contributed by atoms with E-state index in [0.29, 0.717) is 5.01 Å². The first kappa shape index (κ1) is 12.1. The van der Waals surface area contributed by atoms with Crippen molar-refractivity contribution in [3.63, 3.8) is 0 Å². The molecule has 0 bridgehead atoms. The lowest BCUT2D eigenvalue weighted by Gasteiger charge is -2.14. The van der Waals surface area contributed by atoms with Gasteiger partial charge in [-0.1, -0.05) is 0 Å². The van der Waals surface area contributed by atoms with Crippen LogP contribution in [-0.4, -0.2) is 36.4 Å². The minimum absolute atomic E-state index is 0.208. The van der Waals surface area contributed by atoms with Crippen LogP contribution in [0, 0.1) is 0 Å². The van der Waals surface area contributed by atoms with Crippen LogP contribution in [0.3, 0.4) is 0 Å². The highest BCUT2D eigenvalue weighted by molar-refractivity contribution is 7.09. The number of hydrogen-bond acceptors (Lipinski definition) is 6. The Morgan fingerprint density at radius 2 is 2.27 bits per heavy atom. The van der Waals surface area contributed by atoms with Gasteiger partial charge in [0.05, 0.1) is 13.2 Å². The van der Waals surface area contributed by atoms with Gasteiger partial charge in [0.25, 0.3) is 0 Å². The summed E-state index contributed by atoms with van der Waals surface area (Å²) in [5.41, 5.74) is 0.208. The van der Waals surface area contributed by atoms with Gasteiger partial charge in [0.15, 0.2) is 5.69 Å². The fourth-order valence-corrected chi connectivity index (χ4v) is 1.81. The van der Waals surface area contributed by atoms with Crippen LogP contribution in [0.25, 0.3) is 0 Å². The monoisotopic (exact) mass is 231 g/mol. The zero-order valence-corrected chi connectivity index (χ0v) is 9.58. The molecule has 0 aromatic carbocycles. The Balaban J connectivity index is 2.79. The SMILES string of the molecule is COC(=O)c1csc(C(O)C(C)OC)n1. The van der Waals surface area contributed by atoms with Crippen LogP contribution in [0.5, 0.6) is 0 Å². The van der Waals surface area contributed by atoms with Crippen LogP contribution in [0.4, 0.5) is 0 Å². The third-order valence-electron chi connectivity index (χ3n) is 1.99. The predicted molar refractivity (Wildman–Crippen MR) is 54.9 cm³/mol. The summed E-state index contributed by atoms with van der Waals surface area (Å²) >= 11 is 1.20. The number of hydrogen-bond donors (Lipinski definition) is 1. The molecule has 0 saturated carbocycles. The van der Waals surface area contributed by atoms with E-state index in [9.17, 15) is 9.90 Å². The molecule has 0 fully saturated rings. The first-order valence-corrected chi connectivity index (χ1v) is 5.22. The molecule has 5 nitrogen and oxygen atoms in total. The maximum atomic E-state index is 11.1. The molecule has 0 aliphatic carbocycles. The highest BCUT2D eigenvalue weighted by Crippen LogP contribution is 2.22. The molecule has 1 heterocycles. The third-order valence-corrected chi connectivity index (χ3v) is 2.90. The van der Waals surface area contributed by atoms with Crippen LogP contribution in [0.2, 0.25) is 0 Å². The molecule has 0 amide bonds. The van der Waals surface area contributed by atoms with E-state index in [4.69, 9.17) is 4.74 Å². The van der Waals surface area contributed by atoms with Crippen molar-refractivity contribution in [1.82, 2.24) is 4.98 Å². The van der Waals surface area contributed by atoms with Gasteiger partial charge >= 0.3 is 5.97 Å². The van der Waals surface area contributed by atoms with Crippen LogP contribution >= 0.6 is 11.3 Å². The number of carbonyl (C=O) groups excluding carboxylic acids is 1. The Hall–Kier alpha value is -0.980. The molecule has 0 radical (unpaired) electrons. The minimum Gasteiger partial charge on any atom is -0.464 e. The Bertz CT molecular complexity index is 339. The smallest absolute Gasteiger partial charge is 0.357 e. The van der Waals surface area contributed by atoms with Crippen LogP contribution in [0.1, 0.15) is 28.5 Å². The second-order valence-electron chi connectivity index (χ2n) is 2.95. The zero-order valence-electron chi connectivity index (χ0n) is 8.76. The average molecular weight is 231 g/mol. The highest BCUT2D eigenvalue weighted by atomic mass is 32.1. The van der Waals surface area contributed by atoms with E-state index >= 15 is 0 Å². The lowest BCUT2D eigenvalue weighted by atomic mass is 10.2. The largest absolute Gasteiger partial charge is 0.464 e. The second kappa shape index (κ2) is 5.20. The van der Waals surface area contributed by atoms with Crippen molar-refractivity contribution in [2.45, 2.75) is 19.1 Å². The first-order valence-electron chi connectivity index (χ1n) is 4.34. The molecule has 84 valence electrons.